The third-order valence-electron chi connectivity index (χ3n) is 3.06. The number of hydrogen-bond donors (Lipinski definition) is 0. The summed E-state index contributed by atoms with van der Waals surface area (Å²) in [6, 6.07) is 10.3. The van der Waals surface area contributed by atoms with Crippen molar-refractivity contribution in [3.8, 4) is 0 Å². The second-order valence-corrected chi connectivity index (χ2v) is 4.83. The summed E-state index contributed by atoms with van der Waals surface area (Å²) in [5.74, 6) is 2.11. The highest BCUT2D eigenvalue weighted by atomic mass is 15.0. The Morgan fingerprint density at radius 1 is 0.727 bits per heavy atom. The van der Waals surface area contributed by atoms with E-state index in [0.29, 0.717) is 0 Å². The molecule has 3 aromatic rings. The molecule has 22 heavy (non-hydrogen) atoms. The van der Waals surface area contributed by atoms with Gasteiger partial charge in [-0.2, -0.15) is 0 Å². The first-order chi connectivity index (χ1) is 10.0. The van der Waals surface area contributed by atoms with Crippen LogP contribution >= 0.6 is 0 Å². The average molecular weight is 300 g/mol. The van der Waals surface area contributed by atoms with Gasteiger partial charge in [0.05, 0.1) is 0 Å². The number of imidazole rings is 2. The highest BCUT2D eigenvalue weighted by Gasteiger charge is 1.84. The summed E-state index contributed by atoms with van der Waals surface area (Å²) in [6.07, 6.45) is 7.43. The molecule has 2 aromatic heterocycles. The molecule has 0 radical (unpaired) electrons. The van der Waals surface area contributed by atoms with Crippen LogP contribution in [0.15, 0.2) is 55.1 Å². The Bertz CT molecular complexity index is 552. The quantitative estimate of drug-likeness (QED) is 0.627. The van der Waals surface area contributed by atoms with Crippen LogP contribution in [0.4, 0.5) is 0 Å². The lowest BCUT2D eigenvalue weighted by Crippen LogP contribution is -1.86. The monoisotopic (exact) mass is 300 g/mol. The molecule has 0 atom stereocenters. The molecule has 120 valence electrons. The van der Waals surface area contributed by atoms with E-state index in [-0.39, 0.29) is 7.43 Å². The first-order valence-corrected chi connectivity index (χ1v) is 6.90. The summed E-state index contributed by atoms with van der Waals surface area (Å²) in [4.78, 5) is 7.96. The molecule has 0 amide bonds. The minimum Gasteiger partial charge on any atom is -0.338 e. The standard InChI is InChI=1S/C7H8.2C5H8N2.CH4/c1-7-5-3-2-4-6-7;2*1-5-6-3-4-7(5)2;/h2-6H,1H3;2*3-4H,1-2H3;1H4. The third kappa shape index (κ3) is 7.43. The Morgan fingerprint density at radius 2 is 1.14 bits per heavy atom. The van der Waals surface area contributed by atoms with Crippen LogP contribution in [0, 0.1) is 20.8 Å². The predicted octanol–water partition coefficient (Wildman–Crippen LogP) is 4.09. The first kappa shape index (κ1) is 19.6. The SMILES string of the molecule is C.Cc1ccccc1.Cc1nccn1C.Cc1nccn1C. The smallest absolute Gasteiger partial charge is 0.105 e. The molecule has 0 saturated carbocycles. The number of aromatic nitrogens is 4. The van der Waals surface area contributed by atoms with Gasteiger partial charge in [0, 0.05) is 38.9 Å². The molecule has 0 aliphatic carbocycles. The fourth-order valence-corrected chi connectivity index (χ4v) is 1.41. The lowest BCUT2D eigenvalue weighted by Gasteiger charge is -1.87. The molecule has 0 spiro atoms. The van der Waals surface area contributed by atoms with Crippen molar-refractivity contribution >= 4 is 0 Å². The Labute approximate surface area is 134 Å². The highest BCUT2D eigenvalue weighted by molar-refractivity contribution is 5.11. The maximum atomic E-state index is 3.98. The van der Waals surface area contributed by atoms with Gasteiger partial charge in [0.2, 0.25) is 0 Å². The van der Waals surface area contributed by atoms with Gasteiger partial charge in [0.1, 0.15) is 11.6 Å². The highest BCUT2D eigenvalue weighted by Crippen LogP contribution is 1.92. The summed E-state index contributed by atoms with van der Waals surface area (Å²) in [7, 11) is 3.95. The van der Waals surface area contributed by atoms with Crippen molar-refractivity contribution in [2.75, 3.05) is 0 Å². The first-order valence-electron chi connectivity index (χ1n) is 6.90. The number of nitrogens with zero attached hydrogens (tertiary/aromatic N) is 4. The molecule has 0 aliphatic heterocycles. The predicted molar refractivity (Wildman–Crippen MR) is 93.8 cm³/mol. The molecule has 4 nitrogen and oxygen atoms in total. The average Bonchev–Trinajstić information content (AvgIpc) is 3.02. The van der Waals surface area contributed by atoms with Gasteiger partial charge in [-0.25, -0.2) is 9.97 Å². The van der Waals surface area contributed by atoms with Crippen LogP contribution in [0.25, 0.3) is 0 Å². The van der Waals surface area contributed by atoms with Gasteiger partial charge < -0.3 is 9.13 Å². The maximum absolute atomic E-state index is 3.98. The Balaban J connectivity index is 0.000000294. The van der Waals surface area contributed by atoms with E-state index in [1.807, 2.05) is 67.7 Å². The molecule has 4 heteroatoms. The second-order valence-electron chi connectivity index (χ2n) is 4.83. The lowest BCUT2D eigenvalue weighted by molar-refractivity contribution is 0.858. The molecule has 0 fully saturated rings. The lowest BCUT2D eigenvalue weighted by atomic mass is 10.2. The van der Waals surface area contributed by atoms with Crippen LogP contribution in [0.3, 0.4) is 0 Å². The molecule has 0 aliphatic rings. The van der Waals surface area contributed by atoms with Gasteiger partial charge in [-0.15, -0.1) is 0 Å². The summed E-state index contributed by atoms with van der Waals surface area (Å²) in [6.45, 7) is 6.03. The molecule has 0 bridgehead atoms. The molecule has 3 rings (SSSR count). The molecular weight excluding hydrogens is 272 g/mol. The van der Waals surface area contributed by atoms with Crippen molar-refractivity contribution in [2.24, 2.45) is 14.1 Å². The van der Waals surface area contributed by atoms with Gasteiger partial charge in [0.25, 0.3) is 0 Å². The Kier molecular flexibility index (Phi) is 9.27. The van der Waals surface area contributed by atoms with Crippen molar-refractivity contribution in [2.45, 2.75) is 28.2 Å². The minimum absolute atomic E-state index is 0. The van der Waals surface area contributed by atoms with Crippen LogP contribution in [-0.4, -0.2) is 19.1 Å². The molecule has 0 unspecified atom stereocenters. The number of rotatable bonds is 0. The van der Waals surface area contributed by atoms with E-state index in [1.54, 1.807) is 12.4 Å². The van der Waals surface area contributed by atoms with Crippen LogP contribution in [0.1, 0.15) is 24.6 Å². The maximum Gasteiger partial charge on any atom is 0.105 e. The number of hydrogen-bond acceptors (Lipinski definition) is 2. The van der Waals surface area contributed by atoms with Crippen LogP contribution in [-0.2, 0) is 14.1 Å². The van der Waals surface area contributed by atoms with E-state index in [1.165, 1.54) is 5.56 Å². The largest absolute Gasteiger partial charge is 0.338 e. The zero-order valence-electron chi connectivity index (χ0n) is 13.5. The van der Waals surface area contributed by atoms with Gasteiger partial charge in [-0.1, -0.05) is 43.3 Å². The van der Waals surface area contributed by atoms with Crippen LogP contribution in [0.5, 0.6) is 0 Å². The summed E-state index contributed by atoms with van der Waals surface area (Å²) in [5.41, 5.74) is 1.32. The molecular formula is C18H28N4. The van der Waals surface area contributed by atoms with E-state index in [9.17, 15) is 0 Å². The van der Waals surface area contributed by atoms with Crippen molar-refractivity contribution < 1.29 is 0 Å². The van der Waals surface area contributed by atoms with Crippen molar-refractivity contribution in [1.29, 1.82) is 0 Å². The van der Waals surface area contributed by atoms with Crippen molar-refractivity contribution in [1.82, 2.24) is 19.1 Å². The Morgan fingerprint density at radius 3 is 1.27 bits per heavy atom. The second kappa shape index (κ2) is 10.4. The van der Waals surface area contributed by atoms with Crippen LogP contribution < -0.4 is 0 Å². The molecule has 0 saturated heterocycles. The fraction of sp³-hybridized carbons (Fsp3) is 0.333. The fourth-order valence-electron chi connectivity index (χ4n) is 1.41. The van der Waals surface area contributed by atoms with Crippen LogP contribution in [0.2, 0.25) is 0 Å². The zero-order valence-corrected chi connectivity index (χ0v) is 13.5. The molecule has 2 heterocycles. The Hall–Kier alpha value is -2.36. The third-order valence-corrected chi connectivity index (χ3v) is 3.06. The van der Waals surface area contributed by atoms with Gasteiger partial charge in [-0.05, 0) is 20.8 Å². The van der Waals surface area contributed by atoms with E-state index in [2.05, 4.69) is 29.0 Å². The number of aryl methyl sites for hydroxylation is 5. The summed E-state index contributed by atoms with van der Waals surface area (Å²) < 4.78 is 3.94. The van der Waals surface area contributed by atoms with Gasteiger partial charge in [-0.3, -0.25) is 0 Å². The minimum atomic E-state index is 0. The van der Waals surface area contributed by atoms with Gasteiger partial charge in [0.15, 0.2) is 0 Å². The molecule has 0 N–H and O–H groups in total. The van der Waals surface area contributed by atoms with Gasteiger partial charge >= 0.3 is 0 Å². The van der Waals surface area contributed by atoms with E-state index >= 15 is 0 Å². The van der Waals surface area contributed by atoms with Crippen molar-refractivity contribution in [3.05, 3.63) is 72.3 Å². The normalized spacial score (nSPS) is 8.77. The summed E-state index contributed by atoms with van der Waals surface area (Å²) >= 11 is 0. The number of benzene rings is 1. The molecule has 1 aromatic carbocycles. The zero-order chi connectivity index (χ0) is 15.7. The van der Waals surface area contributed by atoms with Crippen molar-refractivity contribution in [3.63, 3.8) is 0 Å². The van der Waals surface area contributed by atoms with E-state index in [0.717, 1.165) is 11.6 Å². The van der Waals surface area contributed by atoms with E-state index in [4.69, 9.17) is 0 Å². The topological polar surface area (TPSA) is 35.6 Å². The van der Waals surface area contributed by atoms with E-state index < -0.39 is 0 Å². The summed E-state index contributed by atoms with van der Waals surface area (Å²) in [5, 5.41) is 0.